The van der Waals surface area contributed by atoms with E-state index in [0.717, 1.165) is 5.39 Å². The van der Waals surface area contributed by atoms with Crippen molar-refractivity contribution in [2.75, 3.05) is 15.8 Å². The van der Waals surface area contributed by atoms with Crippen LogP contribution in [0, 0.1) is 0 Å². The van der Waals surface area contributed by atoms with Crippen molar-refractivity contribution in [2.45, 2.75) is 11.4 Å². The van der Waals surface area contributed by atoms with Crippen molar-refractivity contribution >= 4 is 38.4 Å². The standard InChI is InChI=1S/C14H12N6O2S/c15-13-17-11(18-14(16)19-13)7-20-9-5-1-3-8-4-2-6-10(12(8)9)23(20,21)22/h1-6H,7H2,(H4,15,16,17,18,19). The number of sulfonamides is 1. The van der Waals surface area contributed by atoms with E-state index in [9.17, 15) is 8.42 Å². The van der Waals surface area contributed by atoms with Crippen LogP contribution in [0.15, 0.2) is 41.3 Å². The van der Waals surface area contributed by atoms with Crippen molar-refractivity contribution in [3.8, 4) is 0 Å². The number of hydrogen-bond donors (Lipinski definition) is 2. The molecule has 1 aliphatic rings. The zero-order valence-corrected chi connectivity index (χ0v) is 12.7. The number of nitrogens with zero attached hydrogens (tertiary/aromatic N) is 4. The van der Waals surface area contributed by atoms with Crippen LogP contribution in [0.4, 0.5) is 17.6 Å². The van der Waals surface area contributed by atoms with E-state index in [4.69, 9.17) is 11.5 Å². The number of hydrogen-bond acceptors (Lipinski definition) is 7. The third-order valence-electron chi connectivity index (χ3n) is 3.68. The molecule has 23 heavy (non-hydrogen) atoms. The number of benzene rings is 2. The predicted molar refractivity (Wildman–Crippen MR) is 86.0 cm³/mol. The van der Waals surface area contributed by atoms with E-state index in [0.29, 0.717) is 11.1 Å². The highest BCUT2D eigenvalue weighted by atomic mass is 32.2. The molecule has 9 heteroatoms. The van der Waals surface area contributed by atoms with E-state index in [1.54, 1.807) is 18.2 Å². The van der Waals surface area contributed by atoms with Crippen LogP contribution in [-0.4, -0.2) is 23.4 Å². The number of nitrogens with two attached hydrogens (primary N) is 2. The fraction of sp³-hybridized carbons (Fsp3) is 0.0714. The van der Waals surface area contributed by atoms with Gasteiger partial charge in [-0.1, -0.05) is 24.3 Å². The number of anilines is 3. The molecule has 0 atom stereocenters. The van der Waals surface area contributed by atoms with Gasteiger partial charge in [-0.05, 0) is 17.5 Å². The second-order valence-electron chi connectivity index (χ2n) is 5.11. The van der Waals surface area contributed by atoms with Crippen LogP contribution in [0.3, 0.4) is 0 Å². The smallest absolute Gasteiger partial charge is 0.265 e. The van der Waals surface area contributed by atoms with Crippen molar-refractivity contribution in [3.05, 3.63) is 42.2 Å². The molecule has 4 N–H and O–H groups in total. The molecule has 3 aromatic rings. The summed E-state index contributed by atoms with van der Waals surface area (Å²) in [6.07, 6.45) is 0. The maximum Gasteiger partial charge on any atom is 0.265 e. The first-order valence-electron chi connectivity index (χ1n) is 6.77. The highest BCUT2D eigenvalue weighted by Crippen LogP contribution is 2.42. The van der Waals surface area contributed by atoms with Gasteiger partial charge in [-0.15, -0.1) is 0 Å². The lowest BCUT2D eigenvalue weighted by molar-refractivity contribution is 0.592. The fourth-order valence-electron chi connectivity index (χ4n) is 2.78. The normalized spacial score (nSPS) is 15.2. The SMILES string of the molecule is Nc1nc(N)nc(CN2c3cccc4cccc(c34)S2(=O)=O)n1. The van der Waals surface area contributed by atoms with Gasteiger partial charge in [0.2, 0.25) is 11.9 Å². The molecule has 0 fully saturated rings. The van der Waals surface area contributed by atoms with Crippen LogP contribution in [0.5, 0.6) is 0 Å². The molecular formula is C14H12N6O2S. The average molecular weight is 328 g/mol. The lowest BCUT2D eigenvalue weighted by Gasteiger charge is -2.17. The van der Waals surface area contributed by atoms with Gasteiger partial charge in [-0.2, -0.15) is 15.0 Å². The van der Waals surface area contributed by atoms with Gasteiger partial charge < -0.3 is 11.5 Å². The largest absolute Gasteiger partial charge is 0.368 e. The first kappa shape index (κ1) is 13.7. The summed E-state index contributed by atoms with van der Waals surface area (Å²) in [6.45, 7) is -0.0625. The monoisotopic (exact) mass is 328 g/mol. The van der Waals surface area contributed by atoms with E-state index in [1.807, 2.05) is 18.2 Å². The molecule has 0 amide bonds. The molecule has 0 saturated carbocycles. The van der Waals surface area contributed by atoms with Crippen LogP contribution in [0.25, 0.3) is 10.8 Å². The second kappa shape index (κ2) is 4.53. The first-order chi connectivity index (χ1) is 11.0. The van der Waals surface area contributed by atoms with E-state index < -0.39 is 10.0 Å². The van der Waals surface area contributed by atoms with Crippen molar-refractivity contribution in [2.24, 2.45) is 0 Å². The van der Waals surface area contributed by atoms with Gasteiger partial charge in [0.15, 0.2) is 5.82 Å². The minimum absolute atomic E-state index is 0.0418. The zero-order valence-electron chi connectivity index (χ0n) is 11.8. The summed E-state index contributed by atoms with van der Waals surface area (Å²) >= 11 is 0. The average Bonchev–Trinajstić information content (AvgIpc) is 2.70. The van der Waals surface area contributed by atoms with Crippen molar-refractivity contribution in [1.29, 1.82) is 0 Å². The molecule has 0 spiro atoms. The zero-order chi connectivity index (χ0) is 16.2. The molecule has 0 unspecified atom stereocenters. The lowest BCUT2D eigenvalue weighted by Crippen LogP contribution is -2.28. The Hall–Kier alpha value is -2.94. The Balaban J connectivity index is 1.89. The Morgan fingerprint density at radius 3 is 2.30 bits per heavy atom. The Bertz CT molecular complexity index is 1020. The maximum absolute atomic E-state index is 12.8. The quantitative estimate of drug-likeness (QED) is 0.715. The molecule has 1 aliphatic heterocycles. The Morgan fingerprint density at radius 1 is 0.957 bits per heavy atom. The molecule has 0 aliphatic carbocycles. The minimum atomic E-state index is -3.67. The van der Waals surface area contributed by atoms with Crippen LogP contribution in [0.2, 0.25) is 0 Å². The number of rotatable bonds is 2. The van der Waals surface area contributed by atoms with Gasteiger partial charge in [-0.25, -0.2) is 8.42 Å². The van der Waals surface area contributed by atoms with Crippen LogP contribution >= 0.6 is 0 Å². The van der Waals surface area contributed by atoms with E-state index >= 15 is 0 Å². The maximum atomic E-state index is 12.8. The van der Waals surface area contributed by atoms with Gasteiger partial charge in [0, 0.05) is 5.39 Å². The van der Waals surface area contributed by atoms with Crippen LogP contribution in [-0.2, 0) is 16.6 Å². The molecule has 2 heterocycles. The van der Waals surface area contributed by atoms with Gasteiger partial charge in [-0.3, -0.25) is 4.31 Å². The molecule has 2 aromatic carbocycles. The van der Waals surface area contributed by atoms with Crippen molar-refractivity contribution in [1.82, 2.24) is 15.0 Å². The Labute approximate surface area is 131 Å². The summed E-state index contributed by atoms with van der Waals surface area (Å²) in [5, 5.41) is 1.56. The summed E-state index contributed by atoms with van der Waals surface area (Å²) in [7, 11) is -3.67. The van der Waals surface area contributed by atoms with Gasteiger partial charge >= 0.3 is 0 Å². The third-order valence-corrected chi connectivity index (χ3v) is 5.48. The molecule has 0 bridgehead atoms. The van der Waals surface area contributed by atoms with Crippen LogP contribution < -0.4 is 15.8 Å². The highest BCUT2D eigenvalue weighted by Gasteiger charge is 2.36. The fourth-order valence-corrected chi connectivity index (χ4v) is 4.45. The minimum Gasteiger partial charge on any atom is -0.368 e. The lowest BCUT2D eigenvalue weighted by atomic mass is 10.1. The molecule has 0 saturated heterocycles. The first-order valence-corrected chi connectivity index (χ1v) is 8.21. The summed E-state index contributed by atoms with van der Waals surface area (Å²) in [5.41, 5.74) is 11.7. The Morgan fingerprint density at radius 2 is 1.61 bits per heavy atom. The Kier molecular flexibility index (Phi) is 2.70. The molecule has 8 nitrogen and oxygen atoms in total. The summed E-state index contributed by atoms with van der Waals surface area (Å²) in [4.78, 5) is 11.9. The van der Waals surface area contributed by atoms with Gasteiger partial charge in [0.25, 0.3) is 10.0 Å². The summed E-state index contributed by atoms with van der Waals surface area (Å²) < 4.78 is 26.9. The summed E-state index contributed by atoms with van der Waals surface area (Å²) in [6, 6.07) is 10.6. The molecule has 116 valence electrons. The van der Waals surface area contributed by atoms with Crippen LogP contribution in [0.1, 0.15) is 5.82 Å². The predicted octanol–water partition coefficient (Wildman–Crippen LogP) is 0.898. The van der Waals surface area contributed by atoms with Crippen molar-refractivity contribution in [3.63, 3.8) is 0 Å². The number of nitrogen functional groups attached to an aromatic ring is 2. The second-order valence-corrected chi connectivity index (χ2v) is 6.94. The number of aromatic nitrogens is 3. The van der Waals surface area contributed by atoms with E-state index in [1.165, 1.54) is 4.31 Å². The molecule has 0 radical (unpaired) electrons. The molecule has 4 rings (SSSR count). The van der Waals surface area contributed by atoms with Gasteiger partial charge in [0.05, 0.1) is 17.1 Å². The highest BCUT2D eigenvalue weighted by molar-refractivity contribution is 7.93. The summed E-state index contributed by atoms with van der Waals surface area (Å²) in [5.74, 6) is 0.114. The third kappa shape index (κ3) is 1.97. The van der Waals surface area contributed by atoms with Gasteiger partial charge in [0.1, 0.15) is 0 Å². The molecular weight excluding hydrogens is 316 g/mol. The topological polar surface area (TPSA) is 128 Å². The molecule has 1 aromatic heterocycles. The van der Waals surface area contributed by atoms with Crippen molar-refractivity contribution < 1.29 is 8.42 Å². The van der Waals surface area contributed by atoms with E-state index in [2.05, 4.69) is 15.0 Å². The van der Waals surface area contributed by atoms with E-state index in [-0.39, 0.29) is 29.2 Å².